The molecular formula is C19H16N4O2S. The number of carbonyl (C=O) groups is 2. The fraction of sp³-hybridized carbons (Fsp3) is 0.158. The molecule has 0 saturated carbocycles. The smallest absolute Gasteiger partial charge is 0.266 e. The van der Waals surface area contributed by atoms with Crippen LogP contribution in [-0.2, 0) is 6.42 Å². The number of pyridine rings is 2. The summed E-state index contributed by atoms with van der Waals surface area (Å²) >= 11 is 1.42. The van der Waals surface area contributed by atoms with Crippen LogP contribution < -0.4 is 10.2 Å². The van der Waals surface area contributed by atoms with E-state index in [4.69, 9.17) is 0 Å². The Morgan fingerprint density at radius 1 is 1.23 bits per heavy atom. The minimum Gasteiger partial charge on any atom is -0.307 e. The Bertz CT molecular complexity index is 967. The molecule has 26 heavy (non-hydrogen) atoms. The second-order valence-electron chi connectivity index (χ2n) is 6.04. The Labute approximate surface area is 154 Å². The number of fused-ring (bicyclic) bond motifs is 1. The molecule has 0 radical (unpaired) electrons. The largest absolute Gasteiger partial charge is 0.307 e. The number of nitrogens with one attached hydrogen (secondary N) is 1. The van der Waals surface area contributed by atoms with Crippen molar-refractivity contribution in [3.63, 3.8) is 0 Å². The number of thiophene rings is 1. The van der Waals surface area contributed by atoms with Crippen molar-refractivity contribution in [1.82, 2.24) is 9.97 Å². The maximum atomic E-state index is 12.7. The Morgan fingerprint density at radius 2 is 2.12 bits per heavy atom. The summed E-state index contributed by atoms with van der Waals surface area (Å²) in [5.74, 6) is 0.203. The molecule has 0 fully saturated rings. The van der Waals surface area contributed by atoms with E-state index in [1.807, 2.05) is 13.0 Å². The maximum absolute atomic E-state index is 12.7. The second-order valence-corrected chi connectivity index (χ2v) is 7.18. The molecule has 3 aromatic heterocycles. The first-order chi connectivity index (χ1) is 12.6. The molecule has 7 heteroatoms. The first-order valence-electron chi connectivity index (χ1n) is 8.20. The molecule has 0 aromatic carbocycles. The third-order valence-electron chi connectivity index (χ3n) is 4.17. The van der Waals surface area contributed by atoms with E-state index in [2.05, 4.69) is 15.3 Å². The summed E-state index contributed by atoms with van der Waals surface area (Å²) in [7, 11) is 0. The molecule has 1 aliphatic heterocycles. The Kier molecular flexibility index (Phi) is 4.22. The van der Waals surface area contributed by atoms with Gasteiger partial charge in [0, 0.05) is 36.4 Å². The van der Waals surface area contributed by atoms with E-state index >= 15 is 0 Å². The highest BCUT2D eigenvalue weighted by Gasteiger charge is 2.29. The summed E-state index contributed by atoms with van der Waals surface area (Å²) in [6.07, 6.45) is 5.65. The molecule has 2 amide bonds. The fourth-order valence-electron chi connectivity index (χ4n) is 2.85. The molecule has 130 valence electrons. The Hall–Kier alpha value is -3.06. The van der Waals surface area contributed by atoms with Crippen LogP contribution in [0.15, 0.2) is 48.9 Å². The summed E-state index contributed by atoms with van der Waals surface area (Å²) in [6, 6.07) is 8.94. The van der Waals surface area contributed by atoms with E-state index in [0.29, 0.717) is 22.8 Å². The van der Waals surface area contributed by atoms with Crippen LogP contribution in [0.5, 0.6) is 0 Å². The van der Waals surface area contributed by atoms with E-state index in [9.17, 15) is 9.59 Å². The van der Waals surface area contributed by atoms with Gasteiger partial charge in [-0.1, -0.05) is 6.07 Å². The van der Waals surface area contributed by atoms with E-state index in [1.165, 1.54) is 11.3 Å². The fourth-order valence-corrected chi connectivity index (χ4v) is 3.89. The molecule has 0 unspecified atom stereocenters. The maximum Gasteiger partial charge on any atom is 0.266 e. The minimum atomic E-state index is -0.213. The highest BCUT2D eigenvalue weighted by atomic mass is 32.1. The topological polar surface area (TPSA) is 75.2 Å². The third-order valence-corrected chi connectivity index (χ3v) is 5.35. The molecule has 0 saturated heterocycles. The number of aromatic nitrogens is 2. The molecule has 1 N–H and O–H groups in total. The summed E-state index contributed by atoms with van der Waals surface area (Å²) in [6.45, 7) is 2.56. The van der Waals surface area contributed by atoms with Crippen molar-refractivity contribution in [2.75, 3.05) is 16.8 Å². The standard InChI is InChI=1S/C19H16N4O2S/c1-12-4-5-17(21-10-12)22-18(24)16-9-14-15(26-16)6-8-23(14)19(25)13-3-2-7-20-11-13/h2-5,7,9-11H,6,8H2,1H3,(H,21,22,24). The number of amides is 2. The number of aryl methyl sites for hydroxylation is 1. The third kappa shape index (κ3) is 3.09. The van der Waals surface area contributed by atoms with Crippen LogP contribution in [0.4, 0.5) is 11.5 Å². The summed E-state index contributed by atoms with van der Waals surface area (Å²) in [5, 5.41) is 2.80. The highest BCUT2D eigenvalue weighted by Crippen LogP contribution is 2.36. The zero-order valence-electron chi connectivity index (χ0n) is 14.1. The Balaban J connectivity index is 1.54. The number of hydrogen-bond donors (Lipinski definition) is 1. The summed E-state index contributed by atoms with van der Waals surface area (Å²) < 4.78 is 0. The predicted octanol–water partition coefficient (Wildman–Crippen LogP) is 3.30. The van der Waals surface area contributed by atoms with Crippen LogP contribution in [0.1, 0.15) is 30.5 Å². The molecule has 1 aliphatic rings. The number of anilines is 2. The number of carbonyl (C=O) groups excluding carboxylic acids is 2. The van der Waals surface area contributed by atoms with E-state index < -0.39 is 0 Å². The normalized spacial score (nSPS) is 12.7. The molecule has 0 atom stereocenters. The molecule has 0 aliphatic carbocycles. The molecule has 4 heterocycles. The lowest BCUT2D eigenvalue weighted by molar-refractivity contribution is 0.0986. The van der Waals surface area contributed by atoms with Crippen molar-refractivity contribution in [3.05, 3.63) is 69.8 Å². The van der Waals surface area contributed by atoms with Gasteiger partial charge in [0.1, 0.15) is 5.82 Å². The van der Waals surface area contributed by atoms with E-state index in [-0.39, 0.29) is 11.8 Å². The van der Waals surface area contributed by atoms with Crippen molar-refractivity contribution in [1.29, 1.82) is 0 Å². The number of nitrogens with zero attached hydrogens (tertiary/aromatic N) is 3. The van der Waals surface area contributed by atoms with Gasteiger partial charge in [-0.05, 0) is 36.8 Å². The van der Waals surface area contributed by atoms with Crippen LogP contribution in [-0.4, -0.2) is 28.3 Å². The van der Waals surface area contributed by atoms with E-state index in [1.54, 1.807) is 47.8 Å². The van der Waals surface area contributed by atoms with Gasteiger partial charge in [0.25, 0.3) is 11.8 Å². The van der Waals surface area contributed by atoms with Gasteiger partial charge in [0.2, 0.25) is 0 Å². The van der Waals surface area contributed by atoms with Crippen LogP contribution >= 0.6 is 11.3 Å². The molecule has 0 bridgehead atoms. The quantitative estimate of drug-likeness (QED) is 0.774. The van der Waals surface area contributed by atoms with Crippen molar-refractivity contribution < 1.29 is 9.59 Å². The lowest BCUT2D eigenvalue weighted by Crippen LogP contribution is -2.29. The average molecular weight is 364 g/mol. The van der Waals surface area contributed by atoms with E-state index in [0.717, 1.165) is 22.5 Å². The number of rotatable bonds is 3. The Morgan fingerprint density at radius 3 is 2.85 bits per heavy atom. The predicted molar refractivity (Wildman–Crippen MR) is 101 cm³/mol. The van der Waals surface area contributed by atoms with Gasteiger partial charge in [-0.2, -0.15) is 0 Å². The molecule has 3 aromatic rings. The summed E-state index contributed by atoms with van der Waals surface area (Å²) in [5.41, 5.74) is 2.38. The van der Waals surface area contributed by atoms with Crippen LogP contribution in [0, 0.1) is 6.92 Å². The van der Waals surface area contributed by atoms with Crippen LogP contribution in [0.3, 0.4) is 0 Å². The zero-order chi connectivity index (χ0) is 18.1. The van der Waals surface area contributed by atoms with Crippen molar-refractivity contribution in [2.45, 2.75) is 13.3 Å². The van der Waals surface area contributed by atoms with Gasteiger partial charge in [-0.3, -0.25) is 14.6 Å². The van der Waals surface area contributed by atoms with Crippen LogP contribution in [0.2, 0.25) is 0 Å². The first kappa shape index (κ1) is 16.4. The van der Waals surface area contributed by atoms with Crippen LogP contribution in [0.25, 0.3) is 0 Å². The van der Waals surface area contributed by atoms with Gasteiger partial charge in [0.15, 0.2) is 0 Å². The van der Waals surface area contributed by atoms with Gasteiger partial charge in [0.05, 0.1) is 16.1 Å². The summed E-state index contributed by atoms with van der Waals surface area (Å²) in [4.78, 5) is 36.7. The molecule has 4 rings (SSSR count). The van der Waals surface area contributed by atoms with Gasteiger partial charge in [-0.25, -0.2) is 4.98 Å². The average Bonchev–Trinajstić information content (AvgIpc) is 3.24. The minimum absolute atomic E-state index is 0.0955. The molecular weight excluding hydrogens is 348 g/mol. The van der Waals surface area contributed by atoms with Crippen molar-refractivity contribution in [2.24, 2.45) is 0 Å². The number of hydrogen-bond acceptors (Lipinski definition) is 5. The first-order valence-corrected chi connectivity index (χ1v) is 9.02. The highest BCUT2D eigenvalue weighted by molar-refractivity contribution is 7.14. The lowest BCUT2D eigenvalue weighted by atomic mass is 10.2. The lowest BCUT2D eigenvalue weighted by Gasteiger charge is -2.15. The molecule has 6 nitrogen and oxygen atoms in total. The monoisotopic (exact) mass is 364 g/mol. The molecule has 0 spiro atoms. The van der Waals surface area contributed by atoms with Gasteiger partial charge >= 0.3 is 0 Å². The SMILES string of the molecule is Cc1ccc(NC(=O)c2cc3c(s2)CCN3C(=O)c2cccnc2)nc1. The van der Waals surface area contributed by atoms with Gasteiger partial charge in [-0.15, -0.1) is 11.3 Å². The zero-order valence-corrected chi connectivity index (χ0v) is 14.9. The second kappa shape index (κ2) is 6.68. The van der Waals surface area contributed by atoms with Crippen molar-refractivity contribution >= 4 is 34.7 Å². The van der Waals surface area contributed by atoms with Gasteiger partial charge < -0.3 is 10.2 Å². The van der Waals surface area contributed by atoms with Crippen molar-refractivity contribution in [3.8, 4) is 0 Å².